The van der Waals surface area contributed by atoms with Crippen molar-refractivity contribution in [3.63, 3.8) is 0 Å². The number of hydrogen-bond donors (Lipinski definition) is 3. The van der Waals surface area contributed by atoms with Gasteiger partial charge in [-0.3, -0.25) is 9.59 Å². The highest BCUT2D eigenvalue weighted by Crippen LogP contribution is 2.37. The molecule has 1 atom stereocenters. The highest BCUT2D eigenvalue weighted by atomic mass is 32.2. The minimum atomic E-state index is -1.21. The van der Waals surface area contributed by atoms with Crippen LogP contribution in [0, 0.1) is 0 Å². The van der Waals surface area contributed by atoms with Gasteiger partial charge in [-0.05, 0) is 55.0 Å². The molecule has 2 amide bonds. The second-order valence-electron chi connectivity index (χ2n) is 8.08. The maximum Gasteiger partial charge on any atom is 0.328 e. The quantitative estimate of drug-likeness (QED) is 0.147. The van der Waals surface area contributed by atoms with Crippen molar-refractivity contribution in [3.05, 3.63) is 102 Å². The maximum absolute atomic E-state index is 13.5. The molecule has 1 unspecified atom stereocenters. The molecule has 0 saturated carbocycles. The minimum Gasteiger partial charge on any atom is -0.494 e. The van der Waals surface area contributed by atoms with Gasteiger partial charge in [-0.1, -0.05) is 36.4 Å². The van der Waals surface area contributed by atoms with Gasteiger partial charge in [0.15, 0.2) is 5.13 Å². The molecule has 8 nitrogen and oxygen atoms in total. The van der Waals surface area contributed by atoms with Gasteiger partial charge in [0, 0.05) is 33.7 Å². The van der Waals surface area contributed by atoms with E-state index in [1.807, 2.05) is 73.0 Å². The average Bonchev–Trinajstić information content (AvgIpc) is 3.40. The van der Waals surface area contributed by atoms with Crippen molar-refractivity contribution >= 4 is 51.7 Å². The number of aromatic nitrogens is 1. The molecule has 3 aromatic carbocycles. The van der Waals surface area contributed by atoms with Crippen molar-refractivity contribution in [2.75, 3.05) is 17.2 Å². The van der Waals surface area contributed by atoms with Crippen molar-refractivity contribution in [3.8, 4) is 17.0 Å². The van der Waals surface area contributed by atoms with Crippen molar-refractivity contribution in [2.45, 2.75) is 17.1 Å². The third kappa shape index (κ3) is 8.03. The minimum absolute atomic E-state index is 0.238. The number of nitrogens with one attached hydrogen (secondary N) is 2. The van der Waals surface area contributed by atoms with E-state index in [1.54, 1.807) is 18.2 Å². The summed E-state index contributed by atoms with van der Waals surface area (Å²) < 4.78 is 5.50. The molecule has 0 aliphatic heterocycles. The predicted molar refractivity (Wildman–Crippen MR) is 154 cm³/mol. The van der Waals surface area contributed by atoms with Crippen LogP contribution in [0.15, 0.2) is 101 Å². The first-order valence-corrected chi connectivity index (χ1v) is 13.7. The van der Waals surface area contributed by atoms with Crippen LogP contribution < -0.4 is 15.4 Å². The Kier molecular flexibility index (Phi) is 9.49. The van der Waals surface area contributed by atoms with Gasteiger partial charge in [0.2, 0.25) is 11.8 Å². The molecular weight excluding hydrogens is 534 g/mol. The van der Waals surface area contributed by atoms with Crippen LogP contribution in [0.25, 0.3) is 11.3 Å². The number of ether oxygens (including phenoxy) is 1. The standard InChI is InChI=1S/C29H25N3O5S2/c1-2-37-22-13-11-19(12-14-22)24-18-38-29(31-24)32-28(36)27(20-7-4-3-5-8-20)39-23-10-6-9-21(17-23)30-25(33)15-16-26(34)35/h3-18,27H,2H2,1H3,(H,30,33)(H,34,35)(H,31,32,36)/b16-15+. The monoisotopic (exact) mass is 559 g/mol. The number of rotatable bonds is 11. The third-order valence-corrected chi connectivity index (χ3v) is 7.27. The zero-order valence-electron chi connectivity index (χ0n) is 20.9. The van der Waals surface area contributed by atoms with E-state index in [4.69, 9.17) is 9.84 Å². The van der Waals surface area contributed by atoms with E-state index in [0.717, 1.165) is 39.6 Å². The topological polar surface area (TPSA) is 118 Å². The first kappa shape index (κ1) is 27.6. The number of nitrogens with zero attached hydrogens (tertiary/aromatic N) is 1. The van der Waals surface area contributed by atoms with E-state index >= 15 is 0 Å². The van der Waals surface area contributed by atoms with Crippen LogP contribution in [0.3, 0.4) is 0 Å². The average molecular weight is 560 g/mol. The SMILES string of the molecule is CCOc1ccc(-c2csc(NC(=O)C(Sc3cccc(NC(=O)/C=C/C(=O)O)c3)c3ccccc3)n2)cc1. The summed E-state index contributed by atoms with van der Waals surface area (Å²) in [6.45, 7) is 2.53. The molecule has 198 valence electrons. The molecule has 1 aromatic heterocycles. The molecule has 4 aromatic rings. The number of amides is 2. The highest BCUT2D eigenvalue weighted by Gasteiger charge is 2.23. The van der Waals surface area contributed by atoms with E-state index in [0.29, 0.717) is 17.4 Å². The Morgan fingerprint density at radius 2 is 1.77 bits per heavy atom. The number of thiazole rings is 1. The Morgan fingerprint density at radius 1 is 1.00 bits per heavy atom. The van der Waals surface area contributed by atoms with Gasteiger partial charge in [0.05, 0.1) is 12.3 Å². The Balaban J connectivity index is 1.49. The van der Waals surface area contributed by atoms with Crippen LogP contribution in [0.1, 0.15) is 17.7 Å². The lowest BCUT2D eigenvalue weighted by Crippen LogP contribution is -2.19. The predicted octanol–water partition coefficient (Wildman–Crippen LogP) is 6.26. The second kappa shape index (κ2) is 13.4. The zero-order chi connectivity index (χ0) is 27.6. The number of anilines is 2. The van der Waals surface area contributed by atoms with Gasteiger partial charge < -0.3 is 20.5 Å². The molecule has 3 N–H and O–H groups in total. The van der Waals surface area contributed by atoms with Crippen molar-refractivity contribution in [2.24, 2.45) is 0 Å². The maximum atomic E-state index is 13.5. The van der Waals surface area contributed by atoms with Gasteiger partial charge in [0.1, 0.15) is 11.0 Å². The molecule has 0 aliphatic carbocycles. The van der Waals surface area contributed by atoms with E-state index in [2.05, 4.69) is 15.6 Å². The fourth-order valence-corrected chi connectivity index (χ4v) is 5.34. The molecule has 0 aliphatic rings. The Morgan fingerprint density at radius 3 is 2.49 bits per heavy atom. The Labute approximate surface area is 233 Å². The van der Waals surface area contributed by atoms with E-state index in [-0.39, 0.29) is 5.91 Å². The van der Waals surface area contributed by atoms with Crippen molar-refractivity contribution < 1.29 is 24.2 Å². The lowest BCUT2D eigenvalue weighted by Gasteiger charge is -2.17. The van der Waals surface area contributed by atoms with E-state index < -0.39 is 17.1 Å². The summed E-state index contributed by atoms with van der Waals surface area (Å²) in [4.78, 5) is 41.5. The number of carboxylic acids is 1. The van der Waals surface area contributed by atoms with Crippen LogP contribution in [0.2, 0.25) is 0 Å². The number of aliphatic carboxylic acids is 1. The number of benzene rings is 3. The molecular formula is C29H25N3O5S2. The van der Waals surface area contributed by atoms with Gasteiger partial charge in [-0.2, -0.15) is 0 Å². The first-order valence-electron chi connectivity index (χ1n) is 11.9. The molecule has 10 heteroatoms. The lowest BCUT2D eigenvalue weighted by atomic mass is 10.1. The number of carbonyl (C=O) groups is 3. The van der Waals surface area contributed by atoms with E-state index in [9.17, 15) is 14.4 Å². The smallest absolute Gasteiger partial charge is 0.328 e. The molecule has 0 bridgehead atoms. The third-order valence-electron chi connectivity index (χ3n) is 5.27. The van der Waals surface area contributed by atoms with Gasteiger partial charge in [-0.25, -0.2) is 9.78 Å². The summed E-state index contributed by atoms with van der Waals surface area (Å²) in [7, 11) is 0. The molecule has 39 heavy (non-hydrogen) atoms. The molecule has 0 saturated heterocycles. The van der Waals surface area contributed by atoms with Gasteiger partial charge >= 0.3 is 5.97 Å². The fraction of sp³-hybridized carbons (Fsp3) is 0.103. The summed E-state index contributed by atoms with van der Waals surface area (Å²) in [6, 6.07) is 24.0. The Bertz CT molecular complexity index is 1470. The van der Waals surface area contributed by atoms with Crippen LogP contribution in [0.5, 0.6) is 5.75 Å². The summed E-state index contributed by atoms with van der Waals surface area (Å²) in [5, 5.41) is 16.1. The zero-order valence-corrected chi connectivity index (χ0v) is 22.5. The molecule has 0 fully saturated rings. The summed E-state index contributed by atoms with van der Waals surface area (Å²) >= 11 is 2.67. The number of carbonyl (C=O) groups excluding carboxylic acids is 2. The number of hydrogen-bond acceptors (Lipinski definition) is 7. The van der Waals surface area contributed by atoms with Crippen molar-refractivity contribution in [1.82, 2.24) is 4.98 Å². The van der Waals surface area contributed by atoms with Crippen LogP contribution >= 0.6 is 23.1 Å². The van der Waals surface area contributed by atoms with Crippen molar-refractivity contribution in [1.29, 1.82) is 0 Å². The molecule has 0 spiro atoms. The first-order chi connectivity index (χ1) is 18.9. The second-order valence-corrected chi connectivity index (χ2v) is 10.1. The lowest BCUT2D eigenvalue weighted by molar-refractivity contribution is -0.131. The highest BCUT2D eigenvalue weighted by molar-refractivity contribution is 8.00. The summed E-state index contributed by atoms with van der Waals surface area (Å²) in [6.07, 6.45) is 1.71. The van der Waals surface area contributed by atoms with Crippen LogP contribution in [-0.4, -0.2) is 34.5 Å². The summed E-state index contributed by atoms with van der Waals surface area (Å²) in [5.41, 5.74) is 2.96. The summed E-state index contributed by atoms with van der Waals surface area (Å²) in [5.74, 6) is -1.23. The normalized spacial score (nSPS) is 11.6. The number of carboxylic acid groups (broad SMARTS) is 1. The van der Waals surface area contributed by atoms with Gasteiger partial charge in [0.25, 0.3) is 0 Å². The number of thioether (sulfide) groups is 1. The van der Waals surface area contributed by atoms with E-state index in [1.165, 1.54) is 23.1 Å². The van der Waals surface area contributed by atoms with Crippen LogP contribution in [0.4, 0.5) is 10.8 Å². The molecule has 4 rings (SSSR count). The van der Waals surface area contributed by atoms with Crippen LogP contribution in [-0.2, 0) is 14.4 Å². The van der Waals surface area contributed by atoms with Gasteiger partial charge in [-0.15, -0.1) is 23.1 Å². The molecule has 0 radical (unpaired) electrons. The largest absolute Gasteiger partial charge is 0.494 e. The Hall–Kier alpha value is -4.41. The molecule has 1 heterocycles. The fourth-order valence-electron chi connectivity index (χ4n) is 3.54.